The first-order valence-electron chi connectivity index (χ1n) is 7.16. The molecule has 0 fully saturated rings. The van der Waals surface area contributed by atoms with Crippen molar-refractivity contribution in [2.45, 2.75) is 32.2 Å². The normalized spacial score (nSPS) is 12.6. The van der Waals surface area contributed by atoms with Gasteiger partial charge in [0.2, 0.25) is 0 Å². The summed E-state index contributed by atoms with van der Waals surface area (Å²) in [5, 5.41) is 7.90. The van der Waals surface area contributed by atoms with Crippen molar-refractivity contribution in [3.8, 4) is 0 Å². The minimum Gasteiger partial charge on any atom is -0.310 e. The first-order chi connectivity index (χ1) is 9.70. The zero-order valence-corrected chi connectivity index (χ0v) is 14.3. The summed E-state index contributed by atoms with van der Waals surface area (Å²) in [6.07, 6.45) is 5.17. The molecule has 0 aliphatic carbocycles. The summed E-state index contributed by atoms with van der Waals surface area (Å²) in [5.74, 6) is 0. The maximum absolute atomic E-state index is 4.24. The SMILES string of the molecule is CCCNC(CCc1ccnn1C)c1cccc(I)c1. The maximum atomic E-state index is 4.24. The van der Waals surface area contributed by atoms with Gasteiger partial charge in [0.1, 0.15) is 0 Å². The van der Waals surface area contributed by atoms with Gasteiger partial charge >= 0.3 is 0 Å². The van der Waals surface area contributed by atoms with E-state index in [2.05, 4.69) is 70.3 Å². The maximum Gasteiger partial charge on any atom is 0.0492 e. The average Bonchev–Trinajstić information content (AvgIpc) is 2.84. The third kappa shape index (κ3) is 4.31. The number of hydrogen-bond acceptors (Lipinski definition) is 2. The van der Waals surface area contributed by atoms with Crippen LogP contribution in [0.4, 0.5) is 0 Å². The number of nitrogens with one attached hydrogen (secondary N) is 1. The van der Waals surface area contributed by atoms with Crippen molar-refractivity contribution in [1.82, 2.24) is 15.1 Å². The van der Waals surface area contributed by atoms with Gasteiger partial charge in [0.05, 0.1) is 0 Å². The Morgan fingerprint density at radius 3 is 2.85 bits per heavy atom. The summed E-state index contributed by atoms with van der Waals surface area (Å²) in [4.78, 5) is 0. The Morgan fingerprint density at radius 2 is 2.20 bits per heavy atom. The van der Waals surface area contributed by atoms with Crippen molar-refractivity contribution in [3.05, 3.63) is 51.4 Å². The van der Waals surface area contributed by atoms with Crippen LogP contribution in [0, 0.1) is 3.57 Å². The van der Waals surface area contributed by atoms with E-state index in [-0.39, 0.29) is 0 Å². The molecule has 2 aromatic rings. The molecule has 1 aromatic carbocycles. The molecule has 1 aromatic heterocycles. The number of nitrogens with zero attached hydrogens (tertiary/aromatic N) is 2. The van der Waals surface area contributed by atoms with Crippen molar-refractivity contribution in [2.75, 3.05) is 6.54 Å². The second-order valence-electron chi connectivity index (χ2n) is 5.05. The second-order valence-corrected chi connectivity index (χ2v) is 6.29. The lowest BCUT2D eigenvalue weighted by molar-refractivity contribution is 0.491. The lowest BCUT2D eigenvalue weighted by Gasteiger charge is -2.19. The van der Waals surface area contributed by atoms with Gasteiger partial charge in [-0.2, -0.15) is 5.10 Å². The van der Waals surface area contributed by atoms with Crippen LogP contribution in [0.25, 0.3) is 0 Å². The van der Waals surface area contributed by atoms with Crippen LogP contribution < -0.4 is 5.32 Å². The van der Waals surface area contributed by atoms with E-state index in [1.807, 2.05) is 17.9 Å². The van der Waals surface area contributed by atoms with E-state index in [1.165, 1.54) is 14.8 Å². The van der Waals surface area contributed by atoms with Gasteiger partial charge in [-0.05, 0) is 72.2 Å². The topological polar surface area (TPSA) is 29.9 Å². The molecule has 0 spiro atoms. The Balaban J connectivity index is 2.05. The summed E-state index contributed by atoms with van der Waals surface area (Å²) in [6, 6.07) is 11.3. The predicted octanol–water partition coefficient (Wildman–Crippen LogP) is 3.70. The molecule has 0 aliphatic heterocycles. The molecule has 0 saturated carbocycles. The molecule has 0 aliphatic rings. The van der Waals surface area contributed by atoms with E-state index in [1.54, 1.807) is 0 Å². The van der Waals surface area contributed by atoms with Crippen molar-refractivity contribution >= 4 is 22.6 Å². The minimum atomic E-state index is 0.416. The molecule has 1 heterocycles. The smallest absolute Gasteiger partial charge is 0.0492 e. The van der Waals surface area contributed by atoms with Gasteiger partial charge in [-0.25, -0.2) is 0 Å². The van der Waals surface area contributed by atoms with E-state index in [0.717, 1.165) is 25.8 Å². The Bertz CT molecular complexity index is 536. The number of rotatable bonds is 7. The summed E-state index contributed by atoms with van der Waals surface area (Å²) in [5.41, 5.74) is 2.67. The highest BCUT2D eigenvalue weighted by molar-refractivity contribution is 14.1. The van der Waals surface area contributed by atoms with E-state index in [4.69, 9.17) is 0 Å². The van der Waals surface area contributed by atoms with Gasteiger partial charge < -0.3 is 5.32 Å². The molecule has 1 N–H and O–H groups in total. The molecular weight excluding hydrogens is 361 g/mol. The molecule has 3 nitrogen and oxygen atoms in total. The van der Waals surface area contributed by atoms with Crippen LogP contribution in [-0.2, 0) is 13.5 Å². The Morgan fingerprint density at radius 1 is 1.35 bits per heavy atom. The van der Waals surface area contributed by atoms with Crippen LogP contribution in [0.5, 0.6) is 0 Å². The molecular formula is C16H22IN3. The minimum absolute atomic E-state index is 0.416. The van der Waals surface area contributed by atoms with Crippen molar-refractivity contribution in [3.63, 3.8) is 0 Å². The van der Waals surface area contributed by atoms with Crippen LogP contribution in [0.1, 0.15) is 37.1 Å². The largest absolute Gasteiger partial charge is 0.310 e. The fourth-order valence-electron chi connectivity index (χ4n) is 2.37. The highest BCUT2D eigenvalue weighted by Crippen LogP contribution is 2.21. The third-order valence-electron chi connectivity index (χ3n) is 3.50. The summed E-state index contributed by atoms with van der Waals surface area (Å²) < 4.78 is 3.26. The van der Waals surface area contributed by atoms with E-state index in [0.29, 0.717) is 6.04 Å². The Hall–Kier alpha value is -0.880. The third-order valence-corrected chi connectivity index (χ3v) is 4.17. The Labute approximate surface area is 134 Å². The van der Waals surface area contributed by atoms with Crippen LogP contribution in [0.2, 0.25) is 0 Å². The summed E-state index contributed by atoms with van der Waals surface area (Å²) in [7, 11) is 2.01. The van der Waals surface area contributed by atoms with Gasteiger partial charge in [0, 0.05) is 28.6 Å². The lowest BCUT2D eigenvalue weighted by atomic mass is 10.0. The van der Waals surface area contributed by atoms with Crippen molar-refractivity contribution in [2.24, 2.45) is 7.05 Å². The van der Waals surface area contributed by atoms with E-state index >= 15 is 0 Å². The molecule has 4 heteroatoms. The van der Waals surface area contributed by atoms with Crippen LogP contribution in [0.3, 0.4) is 0 Å². The van der Waals surface area contributed by atoms with Gasteiger partial charge in [0.25, 0.3) is 0 Å². The van der Waals surface area contributed by atoms with E-state index in [9.17, 15) is 0 Å². The van der Waals surface area contributed by atoms with Crippen LogP contribution in [0.15, 0.2) is 36.5 Å². The molecule has 20 heavy (non-hydrogen) atoms. The highest BCUT2D eigenvalue weighted by Gasteiger charge is 2.12. The number of aryl methyl sites for hydroxylation is 2. The molecule has 0 radical (unpaired) electrons. The van der Waals surface area contributed by atoms with Gasteiger partial charge in [-0.15, -0.1) is 0 Å². The van der Waals surface area contributed by atoms with Crippen molar-refractivity contribution < 1.29 is 0 Å². The zero-order valence-electron chi connectivity index (χ0n) is 12.1. The monoisotopic (exact) mass is 383 g/mol. The van der Waals surface area contributed by atoms with Crippen LogP contribution >= 0.6 is 22.6 Å². The summed E-state index contributed by atoms with van der Waals surface area (Å²) >= 11 is 2.38. The molecule has 0 bridgehead atoms. The average molecular weight is 383 g/mol. The molecule has 0 saturated heterocycles. The molecule has 1 atom stereocenters. The van der Waals surface area contributed by atoms with Gasteiger partial charge in [-0.1, -0.05) is 19.1 Å². The fourth-order valence-corrected chi connectivity index (χ4v) is 2.93. The van der Waals surface area contributed by atoms with E-state index < -0.39 is 0 Å². The number of aromatic nitrogens is 2. The van der Waals surface area contributed by atoms with Crippen molar-refractivity contribution in [1.29, 1.82) is 0 Å². The number of hydrogen-bond donors (Lipinski definition) is 1. The van der Waals surface area contributed by atoms with Gasteiger partial charge in [0.15, 0.2) is 0 Å². The standard InChI is InChI=1S/C16H22IN3/c1-3-10-18-16(13-5-4-6-14(17)12-13)8-7-15-9-11-19-20(15)2/h4-6,9,11-12,16,18H,3,7-8,10H2,1-2H3. The molecule has 0 amide bonds. The number of benzene rings is 1. The zero-order chi connectivity index (χ0) is 14.4. The second kappa shape index (κ2) is 7.78. The summed E-state index contributed by atoms with van der Waals surface area (Å²) in [6.45, 7) is 3.27. The first-order valence-corrected chi connectivity index (χ1v) is 8.24. The molecule has 1 unspecified atom stereocenters. The first kappa shape index (κ1) is 15.5. The number of halogens is 1. The Kier molecular flexibility index (Phi) is 6.04. The van der Waals surface area contributed by atoms with Gasteiger partial charge in [-0.3, -0.25) is 4.68 Å². The molecule has 2 rings (SSSR count). The fraction of sp³-hybridized carbons (Fsp3) is 0.438. The molecule has 108 valence electrons. The quantitative estimate of drug-likeness (QED) is 0.739. The predicted molar refractivity (Wildman–Crippen MR) is 91.7 cm³/mol. The lowest BCUT2D eigenvalue weighted by Crippen LogP contribution is -2.23. The highest BCUT2D eigenvalue weighted by atomic mass is 127. The van der Waals surface area contributed by atoms with Crippen LogP contribution in [-0.4, -0.2) is 16.3 Å².